The molecule has 0 spiro atoms. The summed E-state index contributed by atoms with van der Waals surface area (Å²) in [4.78, 5) is 9.26. The number of hydrogen-bond donors (Lipinski definition) is 0. The predicted octanol–water partition coefficient (Wildman–Crippen LogP) is 4.35. The first kappa shape index (κ1) is 13.7. The Morgan fingerprint density at radius 1 is 1.09 bits per heavy atom. The summed E-state index contributed by atoms with van der Waals surface area (Å²) in [5, 5.41) is 10.2. The van der Waals surface area contributed by atoms with Crippen molar-refractivity contribution < 1.29 is 0 Å². The maximum atomic E-state index is 9.01. The Bertz CT molecular complexity index is 1020. The summed E-state index contributed by atoms with van der Waals surface area (Å²) in [5.41, 5.74) is 8.00. The fourth-order valence-electron chi connectivity index (χ4n) is 3.23. The van der Waals surface area contributed by atoms with Crippen LogP contribution in [0, 0.1) is 25.2 Å². The zero-order valence-corrected chi connectivity index (χ0v) is 13.1. The van der Waals surface area contributed by atoms with Crippen LogP contribution in [-0.2, 0) is 6.42 Å². The minimum atomic E-state index is 0.440. The maximum absolute atomic E-state index is 9.01. The number of aromatic nitrogens is 2. The fourth-order valence-corrected chi connectivity index (χ4v) is 3.23. The van der Waals surface area contributed by atoms with Gasteiger partial charge in [0.25, 0.3) is 0 Å². The third-order valence-electron chi connectivity index (χ3n) is 4.35. The Morgan fingerprint density at radius 2 is 1.96 bits per heavy atom. The van der Waals surface area contributed by atoms with Gasteiger partial charge in [-0.25, -0.2) is 9.97 Å². The highest BCUT2D eigenvalue weighted by molar-refractivity contribution is 5.93. The number of nitrogens with zero attached hydrogens (tertiary/aromatic N) is 3. The van der Waals surface area contributed by atoms with Gasteiger partial charge in [0.05, 0.1) is 11.2 Å². The third kappa shape index (κ3) is 2.11. The smallest absolute Gasteiger partial charge is 0.140 e. The Hall–Kier alpha value is -2.99. The summed E-state index contributed by atoms with van der Waals surface area (Å²) in [6.07, 6.45) is 5.27. The molecule has 4 rings (SSSR count). The Labute approximate surface area is 134 Å². The number of pyridine rings is 2. The van der Waals surface area contributed by atoms with Crippen LogP contribution in [0.1, 0.15) is 28.1 Å². The van der Waals surface area contributed by atoms with Gasteiger partial charge in [-0.2, -0.15) is 5.26 Å². The van der Waals surface area contributed by atoms with Crippen molar-refractivity contribution in [2.24, 2.45) is 0 Å². The standard InChI is InChI=1S/C20H15N3/c1-12-6-9-19-18(10-12)16-4-3-5-17(16)20(23-19)15-8-7-14(11-21)22-13(15)2/h3,5-10H,4H2,1-2H3. The summed E-state index contributed by atoms with van der Waals surface area (Å²) in [5.74, 6) is 0. The highest BCUT2D eigenvalue weighted by Gasteiger charge is 2.18. The van der Waals surface area contributed by atoms with Gasteiger partial charge in [0.1, 0.15) is 11.8 Å². The SMILES string of the molecule is Cc1ccc2nc(-c3ccc(C#N)nc3C)c3c(c2c1)CC=C3. The second-order valence-corrected chi connectivity index (χ2v) is 5.92. The van der Waals surface area contributed by atoms with Crippen LogP contribution in [0.3, 0.4) is 0 Å². The molecule has 0 amide bonds. The molecule has 0 saturated heterocycles. The fraction of sp³-hybridized carbons (Fsp3) is 0.150. The van der Waals surface area contributed by atoms with Gasteiger partial charge in [-0.15, -0.1) is 0 Å². The van der Waals surface area contributed by atoms with Crippen molar-refractivity contribution in [1.82, 2.24) is 9.97 Å². The molecular formula is C20H15N3. The molecule has 0 bridgehead atoms. The van der Waals surface area contributed by atoms with Crippen molar-refractivity contribution >= 4 is 17.0 Å². The van der Waals surface area contributed by atoms with Crippen LogP contribution < -0.4 is 0 Å². The lowest BCUT2D eigenvalue weighted by atomic mass is 9.97. The largest absolute Gasteiger partial charge is 0.247 e. The van der Waals surface area contributed by atoms with Crippen molar-refractivity contribution in [3.05, 3.63) is 64.5 Å². The van der Waals surface area contributed by atoms with E-state index >= 15 is 0 Å². The normalized spacial score (nSPS) is 12.4. The van der Waals surface area contributed by atoms with E-state index in [1.54, 1.807) is 6.07 Å². The zero-order valence-electron chi connectivity index (χ0n) is 13.1. The van der Waals surface area contributed by atoms with Gasteiger partial charge < -0.3 is 0 Å². The Kier molecular flexibility index (Phi) is 2.99. The number of fused-ring (bicyclic) bond motifs is 3. The van der Waals surface area contributed by atoms with Gasteiger partial charge >= 0.3 is 0 Å². The van der Waals surface area contributed by atoms with Crippen LogP contribution in [0.15, 0.2) is 36.4 Å². The van der Waals surface area contributed by atoms with Crippen molar-refractivity contribution in [1.29, 1.82) is 5.26 Å². The first-order chi connectivity index (χ1) is 11.2. The lowest BCUT2D eigenvalue weighted by molar-refractivity contribution is 1.16. The average Bonchev–Trinajstić information content (AvgIpc) is 3.04. The molecule has 2 aromatic heterocycles. The van der Waals surface area contributed by atoms with Crippen LogP contribution in [0.25, 0.3) is 28.2 Å². The van der Waals surface area contributed by atoms with Crippen molar-refractivity contribution in [2.75, 3.05) is 0 Å². The van der Waals surface area contributed by atoms with E-state index < -0.39 is 0 Å². The highest BCUT2D eigenvalue weighted by atomic mass is 14.7. The van der Waals surface area contributed by atoms with Crippen molar-refractivity contribution in [2.45, 2.75) is 20.3 Å². The molecule has 3 aromatic rings. The molecule has 3 heteroatoms. The number of rotatable bonds is 1. The van der Waals surface area contributed by atoms with Gasteiger partial charge in [0.15, 0.2) is 0 Å². The second-order valence-electron chi connectivity index (χ2n) is 5.92. The van der Waals surface area contributed by atoms with Crippen LogP contribution in [-0.4, -0.2) is 9.97 Å². The minimum Gasteiger partial charge on any atom is -0.247 e. The van der Waals surface area contributed by atoms with E-state index in [1.807, 2.05) is 13.0 Å². The Morgan fingerprint density at radius 3 is 2.74 bits per heavy atom. The molecule has 0 saturated carbocycles. The monoisotopic (exact) mass is 297 g/mol. The lowest BCUT2D eigenvalue weighted by Gasteiger charge is -2.13. The molecule has 23 heavy (non-hydrogen) atoms. The maximum Gasteiger partial charge on any atom is 0.140 e. The first-order valence-corrected chi connectivity index (χ1v) is 7.65. The summed E-state index contributed by atoms with van der Waals surface area (Å²) in [7, 11) is 0. The number of hydrogen-bond acceptors (Lipinski definition) is 3. The molecule has 2 heterocycles. The van der Waals surface area contributed by atoms with E-state index in [1.165, 1.54) is 22.1 Å². The van der Waals surface area contributed by atoms with Gasteiger partial charge in [-0.05, 0) is 50.1 Å². The van der Waals surface area contributed by atoms with Gasteiger partial charge in [0.2, 0.25) is 0 Å². The molecule has 0 aliphatic heterocycles. The Balaban J connectivity index is 2.03. The quantitative estimate of drug-likeness (QED) is 0.670. The van der Waals surface area contributed by atoms with Crippen LogP contribution in [0.2, 0.25) is 0 Å². The molecule has 110 valence electrons. The summed E-state index contributed by atoms with van der Waals surface area (Å²) >= 11 is 0. The second kappa shape index (κ2) is 5.03. The first-order valence-electron chi connectivity index (χ1n) is 7.65. The number of aryl methyl sites for hydroxylation is 2. The minimum absolute atomic E-state index is 0.440. The molecule has 1 aromatic carbocycles. The topological polar surface area (TPSA) is 49.6 Å². The van der Waals surface area contributed by atoms with Gasteiger partial charge in [-0.1, -0.05) is 23.8 Å². The molecule has 0 fully saturated rings. The van der Waals surface area contributed by atoms with E-state index in [0.29, 0.717) is 5.69 Å². The molecular weight excluding hydrogens is 282 g/mol. The molecule has 0 radical (unpaired) electrons. The lowest BCUT2D eigenvalue weighted by Crippen LogP contribution is -1.98. The van der Waals surface area contributed by atoms with Crippen LogP contribution in [0.4, 0.5) is 0 Å². The summed E-state index contributed by atoms with van der Waals surface area (Å²) in [6, 6.07) is 12.2. The van der Waals surface area contributed by atoms with E-state index in [2.05, 4.69) is 48.3 Å². The summed E-state index contributed by atoms with van der Waals surface area (Å²) in [6.45, 7) is 4.04. The van der Waals surface area contributed by atoms with Gasteiger partial charge in [-0.3, -0.25) is 0 Å². The average molecular weight is 297 g/mol. The van der Waals surface area contributed by atoms with E-state index in [-0.39, 0.29) is 0 Å². The van der Waals surface area contributed by atoms with E-state index in [0.717, 1.165) is 28.9 Å². The van der Waals surface area contributed by atoms with E-state index in [4.69, 9.17) is 10.2 Å². The van der Waals surface area contributed by atoms with E-state index in [9.17, 15) is 0 Å². The molecule has 0 unspecified atom stereocenters. The highest BCUT2D eigenvalue weighted by Crippen LogP contribution is 2.35. The zero-order chi connectivity index (χ0) is 16.0. The molecule has 0 atom stereocenters. The third-order valence-corrected chi connectivity index (χ3v) is 4.35. The number of allylic oxidation sites excluding steroid dienone is 1. The molecule has 0 N–H and O–H groups in total. The molecule has 1 aliphatic rings. The number of nitriles is 1. The summed E-state index contributed by atoms with van der Waals surface area (Å²) < 4.78 is 0. The van der Waals surface area contributed by atoms with Gasteiger partial charge in [0, 0.05) is 22.2 Å². The number of benzene rings is 1. The molecule has 1 aliphatic carbocycles. The predicted molar refractivity (Wildman–Crippen MR) is 91.9 cm³/mol. The molecule has 3 nitrogen and oxygen atoms in total. The van der Waals surface area contributed by atoms with Crippen LogP contribution in [0.5, 0.6) is 0 Å². The van der Waals surface area contributed by atoms with Crippen molar-refractivity contribution in [3.8, 4) is 17.3 Å². The van der Waals surface area contributed by atoms with Crippen molar-refractivity contribution in [3.63, 3.8) is 0 Å². The van der Waals surface area contributed by atoms with Crippen LogP contribution >= 0.6 is 0 Å².